The van der Waals surface area contributed by atoms with Crippen molar-refractivity contribution in [2.24, 2.45) is 7.05 Å². The summed E-state index contributed by atoms with van der Waals surface area (Å²) in [7, 11) is 1.99. The quantitative estimate of drug-likeness (QED) is 0.823. The smallest absolute Gasteiger partial charge is 0.153 e. The van der Waals surface area contributed by atoms with Crippen molar-refractivity contribution in [2.75, 3.05) is 32.7 Å². The van der Waals surface area contributed by atoms with Crippen LogP contribution < -0.4 is 5.32 Å². The summed E-state index contributed by atoms with van der Waals surface area (Å²) in [4.78, 5) is 7.09. The van der Waals surface area contributed by atoms with E-state index < -0.39 is 0 Å². The van der Waals surface area contributed by atoms with Gasteiger partial charge in [-0.2, -0.15) is 5.10 Å². The summed E-state index contributed by atoms with van der Waals surface area (Å²) in [6, 6.07) is 0. The number of hydrogen-bond donors (Lipinski definition) is 1. The van der Waals surface area contributed by atoms with Crippen LogP contribution in [0.2, 0.25) is 0 Å². The van der Waals surface area contributed by atoms with Gasteiger partial charge in [-0.05, 0) is 0 Å². The van der Waals surface area contributed by atoms with Gasteiger partial charge in [-0.3, -0.25) is 4.68 Å². The van der Waals surface area contributed by atoms with Crippen LogP contribution in [0, 0.1) is 0 Å². The molecule has 0 bridgehead atoms. The second-order valence-electron chi connectivity index (χ2n) is 5.01. The summed E-state index contributed by atoms with van der Waals surface area (Å²) in [5.74, 6) is 2.48. The predicted octanol–water partition coefficient (Wildman–Crippen LogP) is 0.386. The van der Waals surface area contributed by atoms with Crippen LogP contribution in [0.5, 0.6) is 0 Å². The average molecular weight is 237 g/mol. The summed E-state index contributed by atoms with van der Waals surface area (Å²) in [5.41, 5.74) is 0. The standard InChI is InChI=1S/C12H23N5/c1-10(2)12-14-11(16(3)15-12)4-7-17-8-5-13-6-9-17/h10,13H,4-9H2,1-3H3. The number of aryl methyl sites for hydroxylation is 1. The number of hydrogen-bond acceptors (Lipinski definition) is 4. The van der Waals surface area contributed by atoms with Gasteiger partial charge in [0.15, 0.2) is 5.82 Å². The Bertz CT molecular complexity index is 352. The molecule has 1 aliphatic rings. The molecule has 0 atom stereocenters. The Morgan fingerprint density at radius 2 is 2.00 bits per heavy atom. The highest BCUT2D eigenvalue weighted by Crippen LogP contribution is 2.10. The summed E-state index contributed by atoms with van der Waals surface area (Å²) < 4.78 is 1.93. The highest BCUT2D eigenvalue weighted by molar-refractivity contribution is 4.97. The number of nitrogens with zero attached hydrogens (tertiary/aromatic N) is 4. The van der Waals surface area contributed by atoms with Gasteiger partial charge in [0, 0.05) is 52.1 Å². The van der Waals surface area contributed by atoms with Gasteiger partial charge in [0.2, 0.25) is 0 Å². The number of piperazine rings is 1. The molecule has 1 aromatic heterocycles. The monoisotopic (exact) mass is 237 g/mol. The maximum absolute atomic E-state index is 4.60. The highest BCUT2D eigenvalue weighted by Gasteiger charge is 2.13. The molecule has 0 amide bonds. The van der Waals surface area contributed by atoms with E-state index in [1.165, 1.54) is 0 Å². The molecule has 1 aromatic rings. The maximum atomic E-state index is 4.60. The second-order valence-corrected chi connectivity index (χ2v) is 5.01. The van der Waals surface area contributed by atoms with Crippen LogP contribution in [0.25, 0.3) is 0 Å². The fourth-order valence-electron chi connectivity index (χ4n) is 2.09. The first kappa shape index (κ1) is 12.5. The number of aromatic nitrogens is 3. The summed E-state index contributed by atoms with van der Waals surface area (Å²) >= 11 is 0. The molecule has 2 heterocycles. The van der Waals surface area contributed by atoms with Gasteiger partial charge in [-0.1, -0.05) is 13.8 Å². The van der Waals surface area contributed by atoms with Crippen LogP contribution in [0.3, 0.4) is 0 Å². The van der Waals surface area contributed by atoms with E-state index in [-0.39, 0.29) is 0 Å². The molecule has 1 saturated heterocycles. The molecule has 0 radical (unpaired) electrons. The molecule has 5 heteroatoms. The number of rotatable bonds is 4. The lowest BCUT2D eigenvalue weighted by molar-refractivity contribution is 0.241. The van der Waals surface area contributed by atoms with E-state index in [2.05, 4.69) is 34.1 Å². The lowest BCUT2D eigenvalue weighted by Crippen LogP contribution is -2.44. The fourth-order valence-corrected chi connectivity index (χ4v) is 2.09. The van der Waals surface area contributed by atoms with Gasteiger partial charge in [-0.15, -0.1) is 0 Å². The summed E-state index contributed by atoms with van der Waals surface area (Å²) in [6.07, 6.45) is 0.996. The van der Waals surface area contributed by atoms with Gasteiger partial charge in [0.05, 0.1) is 0 Å². The summed E-state index contributed by atoms with van der Waals surface area (Å²) in [5, 5.41) is 7.82. The minimum absolute atomic E-state index is 0.411. The first-order valence-corrected chi connectivity index (χ1v) is 6.49. The number of nitrogens with one attached hydrogen (secondary N) is 1. The van der Waals surface area contributed by atoms with Gasteiger partial charge in [-0.25, -0.2) is 4.98 Å². The van der Waals surface area contributed by atoms with Gasteiger partial charge in [0.25, 0.3) is 0 Å². The molecule has 0 aliphatic carbocycles. The van der Waals surface area contributed by atoms with Crippen molar-refractivity contribution in [3.63, 3.8) is 0 Å². The Balaban J connectivity index is 1.89. The van der Waals surface area contributed by atoms with Crippen molar-refractivity contribution < 1.29 is 0 Å². The zero-order valence-corrected chi connectivity index (χ0v) is 11.1. The molecule has 2 rings (SSSR count). The Kier molecular flexibility index (Phi) is 4.12. The highest BCUT2D eigenvalue weighted by atomic mass is 15.3. The van der Waals surface area contributed by atoms with Gasteiger partial charge < -0.3 is 10.2 Å². The molecular weight excluding hydrogens is 214 g/mol. The Hall–Kier alpha value is -0.940. The van der Waals surface area contributed by atoms with Crippen LogP contribution in [0.15, 0.2) is 0 Å². The van der Waals surface area contributed by atoms with E-state index in [0.29, 0.717) is 5.92 Å². The van der Waals surface area contributed by atoms with E-state index >= 15 is 0 Å². The zero-order chi connectivity index (χ0) is 12.3. The first-order chi connectivity index (χ1) is 8.16. The lowest BCUT2D eigenvalue weighted by Gasteiger charge is -2.26. The topological polar surface area (TPSA) is 46.0 Å². The minimum Gasteiger partial charge on any atom is -0.314 e. The van der Waals surface area contributed by atoms with Crippen LogP contribution in [-0.4, -0.2) is 52.4 Å². The average Bonchev–Trinajstić information content (AvgIpc) is 2.70. The SMILES string of the molecule is CC(C)c1nc(CCN2CCNCC2)n(C)n1. The Morgan fingerprint density at radius 3 is 2.59 bits per heavy atom. The third-order valence-electron chi connectivity index (χ3n) is 3.25. The normalized spacial score (nSPS) is 17.9. The summed E-state index contributed by atoms with van der Waals surface area (Å²) in [6.45, 7) is 9.87. The van der Waals surface area contributed by atoms with Crippen LogP contribution in [0.1, 0.15) is 31.4 Å². The maximum Gasteiger partial charge on any atom is 0.153 e. The van der Waals surface area contributed by atoms with Gasteiger partial charge in [0.1, 0.15) is 5.82 Å². The largest absolute Gasteiger partial charge is 0.314 e. The molecule has 1 fully saturated rings. The van der Waals surface area contributed by atoms with Crippen LogP contribution >= 0.6 is 0 Å². The molecule has 5 nitrogen and oxygen atoms in total. The van der Waals surface area contributed by atoms with E-state index in [4.69, 9.17) is 0 Å². The second kappa shape index (κ2) is 5.60. The molecule has 17 heavy (non-hydrogen) atoms. The third-order valence-corrected chi connectivity index (χ3v) is 3.25. The van der Waals surface area contributed by atoms with E-state index in [1.54, 1.807) is 0 Å². The third kappa shape index (κ3) is 3.26. The van der Waals surface area contributed by atoms with Crippen molar-refractivity contribution in [2.45, 2.75) is 26.2 Å². The molecule has 0 unspecified atom stereocenters. The zero-order valence-electron chi connectivity index (χ0n) is 11.1. The van der Waals surface area contributed by atoms with Crippen molar-refractivity contribution in [3.05, 3.63) is 11.6 Å². The van der Waals surface area contributed by atoms with E-state index in [1.807, 2.05) is 11.7 Å². The Morgan fingerprint density at radius 1 is 1.29 bits per heavy atom. The van der Waals surface area contributed by atoms with Crippen LogP contribution in [0.4, 0.5) is 0 Å². The molecule has 1 aliphatic heterocycles. The molecule has 0 aromatic carbocycles. The van der Waals surface area contributed by atoms with Crippen molar-refractivity contribution in [3.8, 4) is 0 Å². The molecule has 0 saturated carbocycles. The lowest BCUT2D eigenvalue weighted by atomic mass is 10.2. The first-order valence-electron chi connectivity index (χ1n) is 6.49. The molecule has 1 N–H and O–H groups in total. The fraction of sp³-hybridized carbons (Fsp3) is 0.833. The van der Waals surface area contributed by atoms with Crippen molar-refractivity contribution >= 4 is 0 Å². The van der Waals surface area contributed by atoms with E-state index in [9.17, 15) is 0 Å². The van der Waals surface area contributed by atoms with Crippen molar-refractivity contribution in [1.82, 2.24) is 25.0 Å². The van der Waals surface area contributed by atoms with E-state index in [0.717, 1.165) is 50.8 Å². The minimum atomic E-state index is 0.411. The van der Waals surface area contributed by atoms with Crippen LogP contribution in [-0.2, 0) is 13.5 Å². The Labute approximate surface area is 103 Å². The molecule has 96 valence electrons. The molecular formula is C12H23N5. The van der Waals surface area contributed by atoms with Crippen molar-refractivity contribution in [1.29, 1.82) is 0 Å². The predicted molar refractivity (Wildman–Crippen MR) is 68.1 cm³/mol. The molecule has 0 spiro atoms. The van der Waals surface area contributed by atoms with Gasteiger partial charge >= 0.3 is 0 Å².